The molecule has 100 valence electrons. The molecule has 1 atom stereocenters. The monoisotopic (exact) mass is 268 g/mol. The minimum atomic E-state index is -3.36. The van der Waals surface area contributed by atoms with Crippen molar-refractivity contribution in [3.63, 3.8) is 0 Å². The Morgan fingerprint density at radius 2 is 2.00 bits per heavy atom. The molecule has 0 saturated heterocycles. The van der Waals surface area contributed by atoms with E-state index >= 15 is 0 Å². The molecule has 0 fully saturated rings. The van der Waals surface area contributed by atoms with Gasteiger partial charge in [-0.15, -0.1) is 0 Å². The number of carbonyl (C=O) groups excluding carboxylic acids is 1. The normalized spacial score (nSPS) is 13.3. The SMILES string of the molecule is CCC(C)C(=O)CS(=O)(=O)Cc1cccc(C)c1. The molecule has 0 aromatic heterocycles. The molecule has 0 spiro atoms. The molecular weight excluding hydrogens is 248 g/mol. The number of aryl methyl sites for hydroxylation is 1. The van der Waals surface area contributed by atoms with E-state index in [9.17, 15) is 13.2 Å². The summed E-state index contributed by atoms with van der Waals surface area (Å²) in [4.78, 5) is 11.7. The molecule has 1 unspecified atom stereocenters. The lowest BCUT2D eigenvalue weighted by molar-refractivity contribution is -0.119. The van der Waals surface area contributed by atoms with Crippen LogP contribution in [0, 0.1) is 12.8 Å². The highest BCUT2D eigenvalue weighted by molar-refractivity contribution is 7.91. The smallest absolute Gasteiger partial charge is 0.161 e. The molecule has 0 aliphatic carbocycles. The number of Topliss-reactive ketones (excluding diaryl/α,β-unsaturated/α-hetero) is 1. The molecule has 1 aromatic carbocycles. The summed E-state index contributed by atoms with van der Waals surface area (Å²) in [6.45, 7) is 5.57. The van der Waals surface area contributed by atoms with Gasteiger partial charge in [-0.05, 0) is 18.9 Å². The Morgan fingerprint density at radius 3 is 2.56 bits per heavy atom. The molecule has 18 heavy (non-hydrogen) atoms. The average Bonchev–Trinajstić information content (AvgIpc) is 2.26. The lowest BCUT2D eigenvalue weighted by atomic mass is 10.1. The fraction of sp³-hybridized carbons (Fsp3) is 0.500. The molecule has 0 heterocycles. The van der Waals surface area contributed by atoms with Gasteiger partial charge in [0.2, 0.25) is 0 Å². The Hall–Kier alpha value is -1.16. The van der Waals surface area contributed by atoms with Crippen molar-refractivity contribution >= 4 is 15.6 Å². The molecule has 0 N–H and O–H groups in total. The molecule has 4 heteroatoms. The molecule has 1 aromatic rings. The van der Waals surface area contributed by atoms with Crippen LogP contribution in [-0.2, 0) is 20.4 Å². The Morgan fingerprint density at radius 1 is 1.33 bits per heavy atom. The number of benzene rings is 1. The van der Waals surface area contributed by atoms with Gasteiger partial charge >= 0.3 is 0 Å². The van der Waals surface area contributed by atoms with Gasteiger partial charge in [0.15, 0.2) is 15.6 Å². The van der Waals surface area contributed by atoms with Crippen LogP contribution in [0.2, 0.25) is 0 Å². The molecule has 3 nitrogen and oxygen atoms in total. The van der Waals surface area contributed by atoms with E-state index in [4.69, 9.17) is 0 Å². The second-order valence-electron chi connectivity index (χ2n) is 4.80. The maximum absolute atomic E-state index is 11.9. The standard InChI is InChI=1S/C14H20O3S/c1-4-12(3)14(15)10-18(16,17)9-13-7-5-6-11(2)8-13/h5-8,12H,4,9-10H2,1-3H3. The summed E-state index contributed by atoms with van der Waals surface area (Å²) in [7, 11) is -3.36. The van der Waals surface area contributed by atoms with Crippen molar-refractivity contribution in [2.45, 2.75) is 32.9 Å². The molecule has 0 amide bonds. The second-order valence-corrected chi connectivity index (χ2v) is 6.86. The molecular formula is C14H20O3S. The lowest BCUT2D eigenvalue weighted by Crippen LogP contribution is -2.22. The summed E-state index contributed by atoms with van der Waals surface area (Å²) in [5.41, 5.74) is 1.77. The highest BCUT2D eigenvalue weighted by Gasteiger charge is 2.20. The largest absolute Gasteiger partial charge is 0.298 e. The highest BCUT2D eigenvalue weighted by Crippen LogP contribution is 2.11. The van der Waals surface area contributed by atoms with Crippen LogP contribution in [-0.4, -0.2) is 20.0 Å². The summed E-state index contributed by atoms with van der Waals surface area (Å²) in [5, 5.41) is 0. The van der Waals surface area contributed by atoms with E-state index in [2.05, 4.69) is 0 Å². The summed E-state index contributed by atoms with van der Waals surface area (Å²) >= 11 is 0. The Kier molecular flexibility index (Phi) is 5.08. The van der Waals surface area contributed by atoms with Crippen LogP contribution in [0.5, 0.6) is 0 Å². The van der Waals surface area contributed by atoms with Crippen molar-refractivity contribution in [1.82, 2.24) is 0 Å². The van der Waals surface area contributed by atoms with Crippen molar-refractivity contribution in [2.24, 2.45) is 5.92 Å². The minimum absolute atomic E-state index is 0.0587. The van der Waals surface area contributed by atoms with Crippen LogP contribution in [0.4, 0.5) is 0 Å². The number of sulfone groups is 1. The number of ketones is 1. The summed E-state index contributed by atoms with van der Waals surface area (Å²) in [6, 6.07) is 7.36. The molecule has 0 saturated carbocycles. The van der Waals surface area contributed by atoms with Gasteiger partial charge in [0.25, 0.3) is 0 Å². The van der Waals surface area contributed by atoms with Crippen molar-refractivity contribution in [3.8, 4) is 0 Å². The first-order valence-electron chi connectivity index (χ1n) is 6.12. The van der Waals surface area contributed by atoms with Gasteiger partial charge in [-0.3, -0.25) is 4.79 Å². The van der Waals surface area contributed by atoms with Gasteiger partial charge in [0.1, 0.15) is 5.75 Å². The molecule has 1 rings (SSSR count). The van der Waals surface area contributed by atoms with Crippen molar-refractivity contribution in [2.75, 3.05) is 5.75 Å². The second kappa shape index (κ2) is 6.14. The third-order valence-corrected chi connectivity index (χ3v) is 4.49. The van der Waals surface area contributed by atoms with Crippen LogP contribution in [0.3, 0.4) is 0 Å². The quantitative estimate of drug-likeness (QED) is 0.796. The average molecular weight is 268 g/mol. The van der Waals surface area contributed by atoms with Crippen LogP contribution >= 0.6 is 0 Å². The number of carbonyl (C=O) groups is 1. The molecule has 0 bridgehead atoms. The zero-order valence-corrected chi connectivity index (χ0v) is 12.0. The molecule has 0 radical (unpaired) electrons. The van der Waals surface area contributed by atoms with Crippen LogP contribution in [0.25, 0.3) is 0 Å². The predicted molar refractivity (Wildman–Crippen MR) is 73.1 cm³/mol. The van der Waals surface area contributed by atoms with Crippen LogP contribution < -0.4 is 0 Å². The maximum atomic E-state index is 11.9. The number of hydrogen-bond donors (Lipinski definition) is 0. The third-order valence-electron chi connectivity index (χ3n) is 2.99. The van der Waals surface area contributed by atoms with E-state index in [-0.39, 0.29) is 23.2 Å². The molecule has 0 aliphatic heterocycles. The zero-order valence-electron chi connectivity index (χ0n) is 11.1. The van der Waals surface area contributed by atoms with E-state index in [1.807, 2.05) is 32.0 Å². The van der Waals surface area contributed by atoms with Gasteiger partial charge in [-0.25, -0.2) is 8.42 Å². The van der Waals surface area contributed by atoms with Gasteiger partial charge in [-0.1, -0.05) is 43.7 Å². The van der Waals surface area contributed by atoms with E-state index < -0.39 is 9.84 Å². The van der Waals surface area contributed by atoms with E-state index in [0.29, 0.717) is 6.42 Å². The summed E-state index contributed by atoms with van der Waals surface area (Å²) in [6.07, 6.45) is 0.679. The fourth-order valence-corrected chi connectivity index (χ4v) is 3.20. The Labute approximate surface area is 109 Å². The first-order valence-corrected chi connectivity index (χ1v) is 7.95. The van der Waals surface area contributed by atoms with Gasteiger partial charge in [0.05, 0.1) is 5.75 Å². The van der Waals surface area contributed by atoms with E-state index in [1.165, 1.54) is 0 Å². The van der Waals surface area contributed by atoms with Crippen molar-refractivity contribution in [3.05, 3.63) is 35.4 Å². The number of hydrogen-bond acceptors (Lipinski definition) is 3. The zero-order chi connectivity index (χ0) is 13.8. The Balaban J connectivity index is 2.74. The first-order chi connectivity index (χ1) is 8.34. The topological polar surface area (TPSA) is 51.2 Å². The van der Waals surface area contributed by atoms with Gasteiger partial charge in [0, 0.05) is 5.92 Å². The van der Waals surface area contributed by atoms with Crippen molar-refractivity contribution < 1.29 is 13.2 Å². The summed E-state index contributed by atoms with van der Waals surface area (Å²) < 4.78 is 23.8. The minimum Gasteiger partial charge on any atom is -0.298 e. The number of rotatable bonds is 6. The highest BCUT2D eigenvalue weighted by atomic mass is 32.2. The summed E-state index contributed by atoms with van der Waals surface area (Å²) in [5.74, 6) is -0.783. The van der Waals surface area contributed by atoms with Crippen LogP contribution in [0.1, 0.15) is 31.4 Å². The fourth-order valence-electron chi connectivity index (χ4n) is 1.69. The third kappa shape index (κ3) is 4.61. The first kappa shape index (κ1) is 14.9. The molecule has 0 aliphatic rings. The van der Waals surface area contributed by atoms with Crippen molar-refractivity contribution in [1.29, 1.82) is 0 Å². The maximum Gasteiger partial charge on any atom is 0.161 e. The van der Waals surface area contributed by atoms with Gasteiger partial charge < -0.3 is 0 Å². The predicted octanol–water partition coefficient (Wildman–Crippen LogP) is 2.53. The lowest BCUT2D eigenvalue weighted by Gasteiger charge is -2.08. The van der Waals surface area contributed by atoms with Gasteiger partial charge in [-0.2, -0.15) is 0 Å². The Bertz CT molecular complexity index is 518. The van der Waals surface area contributed by atoms with Crippen LogP contribution in [0.15, 0.2) is 24.3 Å². The van der Waals surface area contributed by atoms with E-state index in [0.717, 1.165) is 11.1 Å². The van der Waals surface area contributed by atoms with E-state index in [1.54, 1.807) is 13.0 Å².